The molecule has 0 fully saturated rings. The molecule has 1 rings (SSSR count). The van der Waals surface area contributed by atoms with E-state index in [0.717, 1.165) is 0 Å². The van der Waals surface area contributed by atoms with E-state index in [1.54, 1.807) is 26.2 Å². The van der Waals surface area contributed by atoms with Crippen LogP contribution in [-0.4, -0.2) is 65.5 Å². The van der Waals surface area contributed by atoms with Gasteiger partial charge in [0.1, 0.15) is 18.8 Å². The molecule has 6 heteroatoms. The van der Waals surface area contributed by atoms with Gasteiger partial charge in [-0.05, 0) is 19.1 Å². The lowest BCUT2D eigenvalue weighted by Gasteiger charge is -2.21. The highest BCUT2D eigenvalue weighted by Gasteiger charge is 2.19. The summed E-state index contributed by atoms with van der Waals surface area (Å²) in [4.78, 5) is 30.9. The zero-order valence-electron chi connectivity index (χ0n) is 12.5. The van der Waals surface area contributed by atoms with Gasteiger partial charge in [-0.1, -0.05) is 11.8 Å². The van der Waals surface area contributed by atoms with E-state index in [-0.39, 0.29) is 30.7 Å². The van der Waals surface area contributed by atoms with Gasteiger partial charge in [0.2, 0.25) is 5.91 Å². The van der Waals surface area contributed by atoms with Crippen LogP contribution in [0.25, 0.3) is 0 Å². The summed E-state index contributed by atoms with van der Waals surface area (Å²) < 4.78 is 0. The highest BCUT2D eigenvalue weighted by molar-refractivity contribution is 5.94. The van der Waals surface area contributed by atoms with Gasteiger partial charge in [0.15, 0.2) is 0 Å². The summed E-state index contributed by atoms with van der Waals surface area (Å²) in [5.41, 5.74) is 0.881. The average molecular weight is 289 g/mol. The molecule has 0 aliphatic rings. The summed E-state index contributed by atoms with van der Waals surface area (Å²) in [5, 5.41) is 8.61. The van der Waals surface area contributed by atoms with Crippen molar-refractivity contribution in [3.8, 4) is 11.8 Å². The fourth-order valence-corrected chi connectivity index (χ4v) is 1.53. The third kappa shape index (κ3) is 4.89. The molecule has 0 aromatic carbocycles. The Kier molecular flexibility index (Phi) is 6.37. The van der Waals surface area contributed by atoms with Gasteiger partial charge in [0.05, 0.1) is 0 Å². The molecule has 0 spiro atoms. The highest BCUT2D eigenvalue weighted by atomic mass is 16.2. The van der Waals surface area contributed by atoms with Crippen molar-refractivity contribution in [1.82, 2.24) is 14.8 Å². The second-order valence-corrected chi connectivity index (χ2v) is 4.50. The van der Waals surface area contributed by atoms with Crippen molar-refractivity contribution in [1.29, 1.82) is 0 Å². The van der Waals surface area contributed by atoms with E-state index in [0.29, 0.717) is 12.1 Å². The van der Waals surface area contributed by atoms with E-state index < -0.39 is 0 Å². The molecule has 0 atom stereocenters. The first kappa shape index (κ1) is 16.7. The Morgan fingerprint density at radius 2 is 2.05 bits per heavy atom. The number of likely N-dealkylation sites (N-methyl/N-ethyl adjacent to an activating group) is 2. The molecule has 1 N–H and O–H groups in total. The average Bonchev–Trinajstić information content (AvgIpc) is 2.50. The summed E-state index contributed by atoms with van der Waals surface area (Å²) in [6, 6.07) is 3.22. The predicted octanol–water partition coefficient (Wildman–Crippen LogP) is -0.0243. The van der Waals surface area contributed by atoms with Gasteiger partial charge in [-0.15, -0.1) is 0 Å². The largest absolute Gasteiger partial charge is 0.384 e. The predicted molar refractivity (Wildman–Crippen MR) is 78.5 cm³/mol. The van der Waals surface area contributed by atoms with Gasteiger partial charge in [-0.3, -0.25) is 9.59 Å². The van der Waals surface area contributed by atoms with Crippen LogP contribution in [0.4, 0.5) is 0 Å². The summed E-state index contributed by atoms with van der Waals surface area (Å²) in [6.45, 7) is 2.03. The number of carbonyl (C=O) groups excluding carboxylic acids is 2. The lowest BCUT2D eigenvalue weighted by atomic mass is 10.2. The van der Waals surface area contributed by atoms with E-state index in [9.17, 15) is 9.59 Å². The first-order chi connectivity index (χ1) is 9.99. The number of rotatable bonds is 4. The molecule has 1 aromatic rings. The Balaban J connectivity index is 2.83. The maximum atomic E-state index is 12.3. The summed E-state index contributed by atoms with van der Waals surface area (Å²) >= 11 is 0. The van der Waals surface area contributed by atoms with Gasteiger partial charge in [-0.25, -0.2) is 4.98 Å². The molecule has 0 radical (unpaired) electrons. The standard InChI is InChI=1S/C15H19N3O3/c1-4-18(11-14(20)17(2)3)15(21)13-8-7-12(10-16-13)6-5-9-19/h7-8,10,19H,4,9,11H2,1-3H3. The number of hydrogen-bond acceptors (Lipinski definition) is 4. The van der Waals surface area contributed by atoms with Crippen molar-refractivity contribution in [3.05, 3.63) is 29.6 Å². The number of hydrogen-bond donors (Lipinski definition) is 1. The van der Waals surface area contributed by atoms with Crippen LogP contribution in [0.1, 0.15) is 23.0 Å². The molecular formula is C15H19N3O3. The number of aliphatic hydroxyl groups is 1. The minimum absolute atomic E-state index is 0.0239. The van der Waals surface area contributed by atoms with E-state index in [1.165, 1.54) is 16.0 Å². The summed E-state index contributed by atoms with van der Waals surface area (Å²) in [6.07, 6.45) is 1.47. The maximum absolute atomic E-state index is 12.3. The van der Waals surface area contributed by atoms with Crippen LogP contribution in [0, 0.1) is 11.8 Å². The molecule has 21 heavy (non-hydrogen) atoms. The molecule has 1 aromatic heterocycles. The Labute approximate surface area is 124 Å². The van der Waals surface area contributed by atoms with E-state index in [2.05, 4.69) is 16.8 Å². The fraction of sp³-hybridized carbons (Fsp3) is 0.400. The van der Waals surface area contributed by atoms with Gasteiger partial charge >= 0.3 is 0 Å². The van der Waals surface area contributed by atoms with Crippen molar-refractivity contribution in [2.24, 2.45) is 0 Å². The van der Waals surface area contributed by atoms with Gasteiger partial charge < -0.3 is 14.9 Å². The highest BCUT2D eigenvalue weighted by Crippen LogP contribution is 2.04. The Bertz CT molecular complexity index is 556. The normalized spacial score (nSPS) is 9.52. The van der Waals surface area contributed by atoms with Crippen LogP contribution in [0.5, 0.6) is 0 Å². The zero-order chi connectivity index (χ0) is 15.8. The van der Waals surface area contributed by atoms with Crippen LogP contribution in [0.3, 0.4) is 0 Å². The molecule has 0 unspecified atom stereocenters. The Morgan fingerprint density at radius 3 is 2.52 bits per heavy atom. The van der Waals surface area contributed by atoms with Crippen molar-refractivity contribution in [2.75, 3.05) is 33.8 Å². The van der Waals surface area contributed by atoms with Crippen LogP contribution >= 0.6 is 0 Å². The quantitative estimate of drug-likeness (QED) is 0.790. The minimum atomic E-state index is -0.297. The third-order valence-electron chi connectivity index (χ3n) is 2.79. The van der Waals surface area contributed by atoms with Gasteiger partial charge in [0.25, 0.3) is 5.91 Å². The Morgan fingerprint density at radius 1 is 1.33 bits per heavy atom. The smallest absolute Gasteiger partial charge is 0.272 e. The van der Waals surface area contributed by atoms with E-state index in [1.807, 2.05) is 6.92 Å². The number of pyridine rings is 1. The first-order valence-electron chi connectivity index (χ1n) is 6.54. The number of aliphatic hydroxyl groups excluding tert-OH is 1. The van der Waals surface area contributed by atoms with Crippen LogP contribution in [0.15, 0.2) is 18.3 Å². The van der Waals surface area contributed by atoms with Crippen molar-refractivity contribution < 1.29 is 14.7 Å². The topological polar surface area (TPSA) is 73.7 Å². The number of aromatic nitrogens is 1. The maximum Gasteiger partial charge on any atom is 0.272 e. The van der Waals surface area contributed by atoms with Crippen molar-refractivity contribution in [3.63, 3.8) is 0 Å². The van der Waals surface area contributed by atoms with Gasteiger partial charge in [0, 0.05) is 32.4 Å². The fourth-order valence-electron chi connectivity index (χ4n) is 1.53. The number of amides is 2. The summed E-state index contributed by atoms with van der Waals surface area (Å²) in [7, 11) is 3.29. The van der Waals surface area contributed by atoms with E-state index in [4.69, 9.17) is 5.11 Å². The molecule has 2 amide bonds. The zero-order valence-corrected chi connectivity index (χ0v) is 12.5. The van der Waals surface area contributed by atoms with Gasteiger partial charge in [-0.2, -0.15) is 0 Å². The van der Waals surface area contributed by atoms with Crippen LogP contribution in [0.2, 0.25) is 0 Å². The van der Waals surface area contributed by atoms with Crippen LogP contribution in [-0.2, 0) is 4.79 Å². The molecule has 0 aliphatic heterocycles. The molecule has 0 aliphatic carbocycles. The summed E-state index contributed by atoms with van der Waals surface area (Å²) in [5.74, 6) is 4.77. The van der Waals surface area contributed by atoms with Crippen LogP contribution < -0.4 is 0 Å². The minimum Gasteiger partial charge on any atom is -0.384 e. The molecule has 0 bridgehead atoms. The second-order valence-electron chi connectivity index (χ2n) is 4.50. The van der Waals surface area contributed by atoms with Crippen molar-refractivity contribution in [2.45, 2.75) is 6.92 Å². The first-order valence-corrected chi connectivity index (χ1v) is 6.54. The molecule has 0 saturated heterocycles. The number of nitrogens with zero attached hydrogens (tertiary/aromatic N) is 3. The lowest BCUT2D eigenvalue weighted by molar-refractivity contribution is -0.129. The number of carbonyl (C=O) groups is 2. The Hall–Kier alpha value is -2.39. The third-order valence-corrected chi connectivity index (χ3v) is 2.79. The second kappa shape index (κ2) is 8.02. The molecule has 1 heterocycles. The molecular weight excluding hydrogens is 270 g/mol. The molecule has 0 saturated carbocycles. The molecule has 112 valence electrons. The van der Waals surface area contributed by atoms with Crippen molar-refractivity contribution >= 4 is 11.8 Å². The SMILES string of the molecule is CCN(CC(=O)N(C)C)C(=O)c1ccc(C#CCO)cn1. The monoisotopic (exact) mass is 289 g/mol. The van der Waals surface area contributed by atoms with E-state index >= 15 is 0 Å². The lowest BCUT2D eigenvalue weighted by Crippen LogP contribution is -2.40. The molecule has 6 nitrogen and oxygen atoms in total.